The number of aliphatic hydroxyl groups excluding tert-OH is 1. The zero-order valence-electron chi connectivity index (χ0n) is 12.1. The summed E-state index contributed by atoms with van der Waals surface area (Å²) >= 11 is 0. The lowest BCUT2D eigenvalue weighted by Crippen LogP contribution is -2.45. The standard InChI is InChI=1S/C15H18N4O3/c20-11-15(6-5-12-3-1-2-4-14(12)15)16-7-8-18-10-13(9-17-18)19(21)22/h1-4,9-10,16,20H,5-8,11H2. The average molecular weight is 302 g/mol. The van der Waals surface area contributed by atoms with Crippen molar-refractivity contribution in [1.82, 2.24) is 15.1 Å². The van der Waals surface area contributed by atoms with E-state index >= 15 is 0 Å². The SMILES string of the molecule is O=[N+]([O-])c1cnn(CCNC2(CO)CCc3ccccc32)c1. The zero-order valence-corrected chi connectivity index (χ0v) is 12.1. The maximum absolute atomic E-state index is 10.6. The van der Waals surface area contributed by atoms with E-state index in [0.29, 0.717) is 13.1 Å². The smallest absolute Gasteiger partial charge is 0.306 e. The summed E-state index contributed by atoms with van der Waals surface area (Å²) in [5, 5.41) is 27.9. The van der Waals surface area contributed by atoms with Gasteiger partial charge in [0.25, 0.3) is 0 Å². The highest BCUT2D eigenvalue weighted by atomic mass is 16.6. The van der Waals surface area contributed by atoms with Crippen molar-refractivity contribution in [2.24, 2.45) is 0 Å². The van der Waals surface area contributed by atoms with Gasteiger partial charge >= 0.3 is 5.69 Å². The van der Waals surface area contributed by atoms with Crippen LogP contribution in [0.1, 0.15) is 17.5 Å². The Labute approximate surface area is 127 Å². The Hall–Kier alpha value is -2.25. The van der Waals surface area contributed by atoms with Gasteiger partial charge in [-0.1, -0.05) is 24.3 Å². The van der Waals surface area contributed by atoms with Gasteiger partial charge in [-0.3, -0.25) is 14.8 Å². The van der Waals surface area contributed by atoms with E-state index in [-0.39, 0.29) is 12.3 Å². The molecule has 0 spiro atoms. The maximum Gasteiger partial charge on any atom is 0.306 e. The molecule has 1 aromatic heterocycles. The van der Waals surface area contributed by atoms with E-state index in [9.17, 15) is 15.2 Å². The zero-order chi connectivity index (χ0) is 15.6. The van der Waals surface area contributed by atoms with Crippen molar-refractivity contribution in [3.63, 3.8) is 0 Å². The number of nitro groups is 1. The number of hydrogen-bond donors (Lipinski definition) is 2. The highest BCUT2D eigenvalue weighted by Gasteiger charge is 2.37. The van der Waals surface area contributed by atoms with Crippen LogP contribution in [0.15, 0.2) is 36.7 Å². The van der Waals surface area contributed by atoms with Crippen molar-refractivity contribution in [2.75, 3.05) is 13.2 Å². The van der Waals surface area contributed by atoms with Gasteiger partial charge in [0.1, 0.15) is 12.4 Å². The number of aromatic nitrogens is 2. The first-order chi connectivity index (χ1) is 10.6. The van der Waals surface area contributed by atoms with Gasteiger partial charge in [0.2, 0.25) is 0 Å². The minimum atomic E-state index is -0.459. The Kier molecular flexibility index (Phi) is 3.91. The Bertz CT molecular complexity index is 685. The number of aryl methyl sites for hydroxylation is 1. The minimum Gasteiger partial charge on any atom is -0.394 e. The van der Waals surface area contributed by atoms with Gasteiger partial charge in [-0.05, 0) is 24.0 Å². The number of aliphatic hydroxyl groups is 1. The molecule has 1 aromatic carbocycles. The molecule has 2 N–H and O–H groups in total. The summed E-state index contributed by atoms with van der Waals surface area (Å²) in [6, 6.07) is 8.12. The molecule has 1 unspecified atom stereocenters. The van der Waals surface area contributed by atoms with Gasteiger partial charge in [0, 0.05) is 6.54 Å². The van der Waals surface area contributed by atoms with Crippen molar-refractivity contribution >= 4 is 5.69 Å². The lowest BCUT2D eigenvalue weighted by molar-refractivity contribution is -0.385. The highest BCUT2D eigenvalue weighted by Crippen LogP contribution is 2.36. The topological polar surface area (TPSA) is 93.2 Å². The molecule has 3 rings (SSSR count). The van der Waals surface area contributed by atoms with Crippen LogP contribution in [0.2, 0.25) is 0 Å². The fourth-order valence-corrected chi connectivity index (χ4v) is 3.07. The van der Waals surface area contributed by atoms with Crippen molar-refractivity contribution in [1.29, 1.82) is 0 Å². The number of nitrogens with zero attached hydrogens (tertiary/aromatic N) is 3. The normalized spacial score (nSPS) is 20.0. The first kappa shape index (κ1) is 14.7. The quantitative estimate of drug-likeness (QED) is 0.618. The van der Waals surface area contributed by atoms with E-state index in [1.807, 2.05) is 18.2 Å². The van der Waals surface area contributed by atoms with Crippen molar-refractivity contribution < 1.29 is 10.0 Å². The number of benzene rings is 1. The highest BCUT2D eigenvalue weighted by molar-refractivity contribution is 5.38. The Morgan fingerprint density at radius 3 is 3.00 bits per heavy atom. The number of hydrogen-bond acceptors (Lipinski definition) is 5. The summed E-state index contributed by atoms with van der Waals surface area (Å²) in [5.74, 6) is 0. The molecule has 0 bridgehead atoms. The van der Waals surface area contributed by atoms with Crippen LogP contribution in [0.4, 0.5) is 5.69 Å². The largest absolute Gasteiger partial charge is 0.394 e. The van der Waals surface area contributed by atoms with E-state index in [2.05, 4.69) is 16.5 Å². The molecule has 1 aliphatic rings. The predicted octanol–water partition coefficient (Wildman–Crippen LogP) is 1.21. The van der Waals surface area contributed by atoms with Crippen molar-refractivity contribution in [2.45, 2.75) is 24.9 Å². The third-order valence-corrected chi connectivity index (χ3v) is 4.26. The van der Waals surface area contributed by atoms with Gasteiger partial charge in [-0.2, -0.15) is 5.10 Å². The number of nitrogens with one attached hydrogen (secondary N) is 1. The number of fused-ring (bicyclic) bond motifs is 1. The van der Waals surface area contributed by atoms with Crippen LogP contribution >= 0.6 is 0 Å². The second-order valence-electron chi connectivity index (χ2n) is 5.54. The summed E-state index contributed by atoms with van der Waals surface area (Å²) in [6.07, 6.45) is 4.45. The first-order valence-corrected chi connectivity index (χ1v) is 7.26. The van der Waals surface area contributed by atoms with E-state index in [0.717, 1.165) is 18.4 Å². The van der Waals surface area contributed by atoms with E-state index < -0.39 is 10.5 Å². The van der Waals surface area contributed by atoms with Crippen molar-refractivity contribution in [3.8, 4) is 0 Å². The van der Waals surface area contributed by atoms with Crippen LogP contribution in [-0.4, -0.2) is 33.0 Å². The molecule has 1 aliphatic carbocycles. The van der Waals surface area contributed by atoms with Crippen LogP contribution in [0, 0.1) is 10.1 Å². The molecular formula is C15H18N4O3. The molecule has 0 radical (unpaired) electrons. The third kappa shape index (κ3) is 2.60. The van der Waals surface area contributed by atoms with Gasteiger partial charge in [0.05, 0.1) is 23.6 Å². The third-order valence-electron chi connectivity index (χ3n) is 4.26. The van der Waals surface area contributed by atoms with Gasteiger partial charge < -0.3 is 10.4 Å². The molecule has 1 heterocycles. The molecule has 0 fully saturated rings. The molecule has 1 atom stereocenters. The monoisotopic (exact) mass is 302 g/mol. The molecule has 7 nitrogen and oxygen atoms in total. The lowest BCUT2D eigenvalue weighted by atomic mass is 9.92. The lowest BCUT2D eigenvalue weighted by Gasteiger charge is -2.29. The van der Waals surface area contributed by atoms with Crippen LogP contribution in [0.5, 0.6) is 0 Å². The predicted molar refractivity (Wildman–Crippen MR) is 80.4 cm³/mol. The van der Waals surface area contributed by atoms with E-state index in [4.69, 9.17) is 0 Å². The molecule has 2 aromatic rings. The summed E-state index contributed by atoms with van der Waals surface area (Å²) in [6.45, 7) is 1.12. The van der Waals surface area contributed by atoms with E-state index in [1.54, 1.807) is 0 Å². The summed E-state index contributed by atoms with van der Waals surface area (Å²) in [4.78, 5) is 10.2. The second kappa shape index (κ2) is 5.86. The molecule has 0 aliphatic heterocycles. The maximum atomic E-state index is 10.6. The Morgan fingerprint density at radius 2 is 2.27 bits per heavy atom. The summed E-state index contributed by atoms with van der Waals surface area (Å²) in [5.41, 5.74) is 1.97. The molecular weight excluding hydrogens is 284 g/mol. The number of rotatable bonds is 6. The minimum absolute atomic E-state index is 0.0110. The summed E-state index contributed by atoms with van der Waals surface area (Å²) in [7, 11) is 0. The second-order valence-corrected chi connectivity index (χ2v) is 5.54. The fraction of sp³-hybridized carbons (Fsp3) is 0.400. The van der Waals surface area contributed by atoms with Crippen LogP contribution in [0.3, 0.4) is 0 Å². The molecule has 116 valence electrons. The average Bonchev–Trinajstić information content (AvgIpc) is 3.13. The first-order valence-electron chi connectivity index (χ1n) is 7.26. The van der Waals surface area contributed by atoms with Gasteiger partial charge in [0.15, 0.2) is 0 Å². The van der Waals surface area contributed by atoms with Gasteiger partial charge in [-0.15, -0.1) is 0 Å². The fourth-order valence-electron chi connectivity index (χ4n) is 3.07. The molecule has 7 heteroatoms. The van der Waals surface area contributed by atoms with E-state index in [1.165, 1.54) is 22.6 Å². The van der Waals surface area contributed by atoms with Crippen molar-refractivity contribution in [3.05, 3.63) is 57.9 Å². The Morgan fingerprint density at radius 1 is 1.45 bits per heavy atom. The molecule has 0 saturated carbocycles. The summed E-state index contributed by atoms with van der Waals surface area (Å²) < 4.78 is 1.54. The molecule has 0 saturated heterocycles. The Balaban J connectivity index is 1.66. The van der Waals surface area contributed by atoms with Gasteiger partial charge in [-0.25, -0.2) is 0 Å². The van der Waals surface area contributed by atoms with Crippen LogP contribution < -0.4 is 5.32 Å². The molecule has 0 amide bonds. The van der Waals surface area contributed by atoms with Crippen LogP contribution in [0.25, 0.3) is 0 Å². The molecule has 22 heavy (non-hydrogen) atoms. The van der Waals surface area contributed by atoms with Crippen LogP contribution in [-0.2, 0) is 18.5 Å².